The van der Waals surface area contributed by atoms with Crippen LogP contribution in [0.4, 0.5) is 34.1 Å². The first-order chi connectivity index (χ1) is 26.3. The summed E-state index contributed by atoms with van der Waals surface area (Å²) in [6, 6.07) is 41.1. The highest BCUT2D eigenvalue weighted by molar-refractivity contribution is 7.00. The Morgan fingerprint density at radius 3 is 1.52 bits per heavy atom. The van der Waals surface area contributed by atoms with E-state index < -0.39 is 0 Å². The lowest BCUT2D eigenvalue weighted by molar-refractivity contribution is 0.590. The molecule has 6 aromatic rings. The lowest BCUT2D eigenvalue weighted by Gasteiger charge is -2.46. The van der Waals surface area contributed by atoms with Crippen LogP contribution in [0.5, 0.6) is 0 Å². The highest BCUT2D eigenvalue weighted by Crippen LogP contribution is 2.49. The van der Waals surface area contributed by atoms with Crippen molar-refractivity contribution in [3.8, 4) is 0 Å². The second kappa shape index (κ2) is 12.4. The molecule has 0 unspecified atom stereocenters. The van der Waals surface area contributed by atoms with Gasteiger partial charge in [-0.15, -0.1) is 0 Å². The molecule has 0 fully saturated rings. The predicted molar refractivity (Wildman–Crippen MR) is 245 cm³/mol. The first kappa shape index (κ1) is 36.9. The molecule has 0 aromatic heterocycles. The Balaban J connectivity index is 1.44. The fourth-order valence-electron chi connectivity index (χ4n) is 9.63. The van der Waals surface area contributed by atoms with E-state index >= 15 is 0 Å². The molecule has 0 bridgehead atoms. The van der Waals surface area contributed by atoms with Crippen molar-refractivity contribution in [2.45, 2.75) is 124 Å². The van der Waals surface area contributed by atoms with Crippen molar-refractivity contribution in [3.63, 3.8) is 0 Å². The number of fused-ring (bicyclic) bond motifs is 4. The lowest BCUT2D eigenvalue weighted by Crippen LogP contribution is -2.61. The van der Waals surface area contributed by atoms with Gasteiger partial charge in [-0.1, -0.05) is 144 Å². The van der Waals surface area contributed by atoms with Crippen LogP contribution in [0.2, 0.25) is 0 Å². The van der Waals surface area contributed by atoms with Crippen LogP contribution >= 0.6 is 0 Å². The highest BCUT2D eigenvalue weighted by atomic mass is 15.2. The van der Waals surface area contributed by atoms with E-state index in [1.54, 1.807) is 0 Å². The molecule has 2 aliphatic heterocycles. The fraction of sp³-hybridized carbons (Fsp3) is 0.358. The van der Waals surface area contributed by atoms with Gasteiger partial charge in [-0.05, 0) is 139 Å². The quantitative estimate of drug-likeness (QED) is 0.163. The molecular formula is C53H59BN2. The largest absolute Gasteiger partial charge is 0.311 e. The molecule has 0 saturated heterocycles. The molecule has 0 radical (unpaired) electrons. The molecule has 0 saturated carbocycles. The summed E-state index contributed by atoms with van der Waals surface area (Å²) in [7, 11) is 0. The van der Waals surface area contributed by atoms with Crippen molar-refractivity contribution in [2.24, 2.45) is 0 Å². The van der Waals surface area contributed by atoms with Gasteiger partial charge in [-0.2, -0.15) is 0 Å². The zero-order valence-electron chi connectivity index (χ0n) is 35.9. The molecule has 0 spiro atoms. The molecule has 56 heavy (non-hydrogen) atoms. The van der Waals surface area contributed by atoms with Crippen LogP contribution < -0.4 is 26.2 Å². The summed E-state index contributed by atoms with van der Waals surface area (Å²) in [6.07, 6.45) is 3.51. The second-order valence-corrected chi connectivity index (χ2v) is 21.1. The Bertz CT molecular complexity index is 2550. The van der Waals surface area contributed by atoms with Crippen molar-refractivity contribution in [2.75, 3.05) is 9.80 Å². The molecule has 9 rings (SSSR count). The van der Waals surface area contributed by atoms with Crippen molar-refractivity contribution in [3.05, 3.63) is 137 Å². The van der Waals surface area contributed by atoms with Gasteiger partial charge in [-0.3, -0.25) is 0 Å². The van der Waals surface area contributed by atoms with Crippen molar-refractivity contribution < 1.29 is 0 Å². The summed E-state index contributed by atoms with van der Waals surface area (Å²) in [5.41, 5.74) is 20.2. The summed E-state index contributed by atoms with van der Waals surface area (Å²) in [4.78, 5) is 5.29. The summed E-state index contributed by atoms with van der Waals surface area (Å²) in [6.45, 7) is 28.3. The minimum absolute atomic E-state index is 0.000275. The molecule has 3 aliphatic rings. The van der Waals surface area contributed by atoms with E-state index in [1.807, 2.05) is 0 Å². The Labute approximate surface area is 337 Å². The van der Waals surface area contributed by atoms with E-state index in [2.05, 4.69) is 196 Å². The number of benzene rings is 6. The molecule has 284 valence electrons. The second-order valence-electron chi connectivity index (χ2n) is 21.1. The van der Waals surface area contributed by atoms with Crippen LogP contribution in [0, 0.1) is 0 Å². The summed E-state index contributed by atoms with van der Waals surface area (Å²) >= 11 is 0. The molecule has 0 atom stereocenters. The maximum absolute atomic E-state index is 2.67. The van der Waals surface area contributed by atoms with Crippen LogP contribution in [-0.2, 0) is 34.5 Å². The number of aryl methyl sites for hydroxylation is 2. The molecule has 6 aromatic carbocycles. The van der Waals surface area contributed by atoms with Crippen molar-refractivity contribution in [1.82, 2.24) is 0 Å². The third kappa shape index (κ3) is 5.83. The molecule has 0 amide bonds. The third-order valence-electron chi connectivity index (χ3n) is 13.0. The van der Waals surface area contributed by atoms with Gasteiger partial charge < -0.3 is 9.80 Å². The van der Waals surface area contributed by atoms with Gasteiger partial charge in [0.15, 0.2) is 0 Å². The SMILES string of the molecule is CC(C)(C)c1cccc(N2c3cc(C(C)(C)C)ccc3B3c4ccc(C(C)(C)C)cc4N(c4ccc5c6c(cccc46)CCC5)c4cc(C(C)(C)C)cc2c43)c1. The standard InChI is InChI=1S/C53H59BN2/c1-50(2,3)35-19-15-20-39(28-35)55-44-29-36(51(4,5)6)23-25-41(44)54-42-26-24-37(52(7,8)9)30-45(42)56(47-32-38(53(10,11)12)31-46(55)49(47)54)43-27-22-34-17-13-16-33-18-14-21-40(43)48(33)34/h14-15,18-32H,13,16-17H2,1-12H3. The zero-order chi connectivity index (χ0) is 39.7. The number of rotatable bonds is 2. The third-order valence-corrected chi connectivity index (χ3v) is 13.0. The average molecular weight is 735 g/mol. The fourth-order valence-corrected chi connectivity index (χ4v) is 9.63. The number of anilines is 6. The van der Waals surface area contributed by atoms with E-state index in [1.165, 1.54) is 101 Å². The van der Waals surface area contributed by atoms with Gasteiger partial charge in [0.25, 0.3) is 6.71 Å². The molecule has 0 N–H and O–H groups in total. The number of hydrogen-bond donors (Lipinski definition) is 0. The van der Waals surface area contributed by atoms with Crippen LogP contribution in [0.15, 0.2) is 103 Å². The Morgan fingerprint density at radius 2 is 0.929 bits per heavy atom. The van der Waals surface area contributed by atoms with Gasteiger partial charge >= 0.3 is 0 Å². The van der Waals surface area contributed by atoms with Gasteiger partial charge in [0.1, 0.15) is 0 Å². The van der Waals surface area contributed by atoms with Crippen molar-refractivity contribution in [1.29, 1.82) is 0 Å². The van der Waals surface area contributed by atoms with E-state index in [4.69, 9.17) is 0 Å². The Kier molecular flexibility index (Phi) is 8.14. The Hall–Kier alpha value is -4.76. The summed E-state index contributed by atoms with van der Waals surface area (Å²) in [5, 5.41) is 2.83. The number of nitrogens with zero attached hydrogens (tertiary/aromatic N) is 2. The average Bonchev–Trinajstić information content (AvgIpc) is 3.13. The van der Waals surface area contributed by atoms with E-state index in [0.29, 0.717) is 0 Å². The highest BCUT2D eigenvalue weighted by Gasteiger charge is 2.45. The molecule has 3 heteroatoms. The van der Waals surface area contributed by atoms with E-state index in [-0.39, 0.29) is 28.4 Å². The minimum atomic E-state index is -0.0768. The monoisotopic (exact) mass is 734 g/mol. The lowest BCUT2D eigenvalue weighted by atomic mass is 9.33. The predicted octanol–water partition coefficient (Wildman–Crippen LogP) is 12.6. The van der Waals surface area contributed by atoms with E-state index in [9.17, 15) is 0 Å². The summed E-state index contributed by atoms with van der Waals surface area (Å²) in [5.74, 6) is 0. The maximum Gasteiger partial charge on any atom is 0.252 e. The topological polar surface area (TPSA) is 6.48 Å². The number of hydrogen-bond acceptors (Lipinski definition) is 2. The first-order valence-corrected chi connectivity index (χ1v) is 21.0. The maximum atomic E-state index is 2.67. The van der Waals surface area contributed by atoms with Gasteiger partial charge in [0.2, 0.25) is 0 Å². The molecule has 2 nitrogen and oxygen atoms in total. The van der Waals surface area contributed by atoms with Gasteiger partial charge in [-0.25, -0.2) is 0 Å². The van der Waals surface area contributed by atoms with Crippen LogP contribution in [0.3, 0.4) is 0 Å². The van der Waals surface area contributed by atoms with E-state index in [0.717, 1.165) is 12.8 Å². The molecule has 2 heterocycles. The zero-order valence-corrected chi connectivity index (χ0v) is 35.9. The Morgan fingerprint density at radius 1 is 0.429 bits per heavy atom. The van der Waals surface area contributed by atoms with Gasteiger partial charge in [0.05, 0.1) is 5.69 Å². The normalized spacial score (nSPS) is 15.2. The summed E-state index contributed by atoms with van der Waals surface area (Å²) < 4.78 is 0. The molecule has 1 aliphatic carbocycles. The van der Waals surface area contributed by atoms with Crippen molar-refractivity contribution >= 4 is 68.0 Å². The molecular weight excluding hydrogens is 675 g/mol. The smallest absolute Gasteiger partial charge is 0.252 e. The van der Waals surface area contributed by atoms with Crippen LogP contribution in [-0.4, -0.2) is 6.71 Å². The minimum Gasteiger partial charge on any atom is -0.311 e. The van der Waals surface area contributed by atoms with Gasteiger partial charge in [0, 0.05) is 33.8 Å². The first-order valence-electron chi connectivity index (χ1n) is 21.0. The van der Waals surface area contributed by atoms with Crippen LogP contribution in [0.25, 0.3) is 10.8 Å². The van der Waals surface area contributed by atoms with Crippen LogP contribution in [0.1, 0.15) is 123 Å².